The van der Waals surface area contributed by atoms with Crippen LogP contribution in [-0.2, 0) is 9.59 Å². The second kappa shape index (κ2) is 10.0. The van der Waals surface area contributed by atoms with Gasteiger partial charge < -0.3 is 20.4 Å². The fourth-order valence-electron chi connectivity index (χ4n) is 4.15. The predicted molar refractivity (Wildman–Crippen MR) is 126 cm³/mol. The molecule has 0 aliphatic carbocycles. The summed E-state index contributed by atoms with van der Waals surface area (Å²) in [7, 11) is 0. The summed E-state index contributed by atoms with van der Waals surface area (Å²) in [5.74, 6) is -0.665. The average molecular weight is 481 g/mol. The lowest BCUT2D eigenvalue weighted by Crippen LogP contribution is -2.36. The minimum Gasteiger partial charge on any atom is -0.481 e. The first-order valence-corrected chi connectivity index (χ1v) is 11.8. The first-order valence-electron chi connectivity index (χ1n) is 9.97. The molecular weight excluding hydrogens is 454 g/mol. The maximum atomic E-state index is 12.2. The molecule has 1 saturated heterocycles. The van der Waals surface area contributed by atoms with Crippen LogP contribution >= 0.6 is 36.2 Å². The molecule has 0 bridgehead atoms. The molecule has 1 fully saturated rings. The van der Waals surface area contributed by atoms with E-state index < -0.39 is 5.97 Å². The topological polar surface area (TPSA) is 111 Å². The van der Waals surface area contributed by atoms with Gasteiger partial charge in [-0.2, -0.15) is 4.98 Å². The van der Waals surface area contributed by atoms with Crippen molar-refractivity contribution < 1.29 is 14.7 Å². The van der Waals surface area contributed by atoms with Gasteiger partial charge in [0.1, 0.15) is 18.7 Å². The number of carboxylic acids is 1. The Balaban J connectivity index is 1.54. The smallest absolute Gasteiger partial charge is 0.309 e. The number of para-hydroxylation sites is 1. The summed E-state index contributed by atoms with van der Waals surface area (Å²) in [6.07, 6.45) is 0.919. The highest BCUT2D eigenvalue weighted by Gasteiger charge is 2.58. The van der Waals surface area contributed by atoms with E-state index in [0.29, 0.717) is 21.0 Å². The van der Waals surface area contributed by atoms with Crippen LogP contribution in [-0.4, -0.2) is 63.4 Å². The van der Waals surface area contributed by atoms with Crippen LogP contribution in [0.2, 0.25) is 0 Å². The third-order valence-corrected chi connectivity index (χ3v) is 6.71. The number of nitrogens with one attached hydrogen (secondary N) is 3. The minimum atomic E-state index is -0.769. The lowest BCUT2D eigenvalue weighted by Gasteiger charge is -2.24. The zero-order valence-corrected chi connectivity index (χ0v) is 19.9. The van der Waals surface area contributed by atoms with Crippen molar-refractivity contribution in [3.8, 4) is 0 Å². The van der Waals surface area contributed by atoms with Crippen molar-refractivity contribution in [2.75, 3.05) is 25.4 Å². The van der Waals surface area contributed by atoms with Crippen LogP contribution in [0.15, 0.2) is 23.4 Å². The standard InChI is InChI=1S/C20H25N5O3S3/c1-12-5-3-6-13(2)17(12)25(10-14(25)9-16(27)28)8-4-7-21-15(26)11-31-20-23-18(29)22-19(30)24-20/h3,5-6,14H,4,7-11H2,1-2H3,(H3-,21,22,23,24,26,27,28,29,30)/p+1. The number of amides is 1. The Morgan fingerprint density at radius 2 is 2.00 bits per heavy atom. The van der Waals surface area contributed by atoms with E-state index in [1.807, 2.05) is 6.07 Å². The van der Waals surface area contributed by atoms with Crippen LogP contribution in [0.1, 0.15) is 24.0 Å². The van der Waals surface area contributed by atoms with Crippen LogP contribution in [0.3, 0.4) is 0 Å². The molecule has 3 rings (SSSR count). The molecule has 2 aromatic rings. The number of hydrogen-bond acceptors (Lipinski definition) is 6. The van der Waals surface area contributed by atoms with Crippen molar-refractivity contribution in [2.45, 2.75) is 37.9 Å². The largest absolute Gasteiger partial charge is 0.481 e. The van der Waals surface area contributed by atoms with Gasteiger partial charge in [-0.25, -0.2) is 0 Å². The van der Waals surface area contributed by atoms with E-state index in [2.05, 4.69) is 46.2 Å². The normalized spacial score (nSPS) is 19.7. The fraction of sp³-hybridized carbons (Fsp3) is 0.450. The van der Waals surface area contributed by atoms with Gasteiger partial charge in [0.15, 0.2) is 16.0 Å². The number of rotatable bonds is 10. The number of quaternary nitrogens is 1. The molecule has 166 valence electrons. The lowest BCUT2D eigenvalue weighted by molar-refractivity contribution is -0.137. The summed E-state index contributed by atoms with van der Waals surface area (Å²) >= 11 is 11.2. The lowest BCUT2D eigenvalue weighted by atomic mass is 10.1. The van der Waals surface area contributed by atoms with E-state index in [4.69, 9.17) is 24.4 Å². The van der Waals surface area contributed by atoms with Crippen molar-refractivity contribution in [3.05, 3.63) is 38.9 Å². The molecule has 8 nitrogen and oxygen atoms in total. The third kappa shape index (κ3) is 6.00. The van der Waals surface area contributed by atoms with Crippen molar-refractivity contribution >= 4 is 53.8 Å². The molecule has 0 saturated carbocycles. The summed E-state index contributed by atoms with van der Waals surface area (Å²) < 4.78 is 1.33. The number of carbonyl (C=O) groups excluding carboxylic acids is 1. The van der Waals surface area contributed by atoms with Gasteiger partial charge in [0, 0.05) is 24.1 Å². The number of aryl methyl sites for hydroxylation is 2. The third-order valence-electron chi connectivity index (χ3n) is 5.44. The van der Waals surface area contributed by atoms with Gasteiger partial charge in [-0.15, -0.1) is 0 Å². The molecule has 31 heavy (non-hydrogen) atoms. The zero-order chi connectivity index (χ0) is 22.6. The van der Waals surface area contributed by atoms with E-state index >= 15 is 0 Å². The fourth-order valence-corrected chi connectivity index (χ4v) is 5.43. The van der Waals surface area contributed by atoms with Gasteiger partial charge in [-0.3, -0.25) is 14.1 Å². The molecule has 1 amide bonds. The Labute approximate surface area is 195 Å². The monoisotopic (exact) mass is 480 g/mol. The zero-order valence-electron chi connectivity index (χ0n) is 17.4. The molecule has 11 heteroatoms. The molecule has 1 aromatic carbocycles. The summed E-state index contributed by atoms with van der Waals surface area (Å²) in [6, 6.07) is 6.26. The number of benzene rings is 1. The highest BCUT2D eigenvalue weighted by Crippen LogP contribution is 2.44. The molecule has 2 atom stereocenters. The minimum absolute atomic E-state index is 0.0835. The van der Waals surface area contributed by atoms with Gasteiger partial charge in [-0.05, 0) is 38.3 Å². The molecule has 0 spiro atoms. The first kappa shape index (κ1) is 23.6. The number of carboxylic acid groups (broad SMARTS) is 1. The Morgan fingerprint density at radius 1 is 1.29 bits per heavy atom. The van der Waals surface area contributed by atoms with Gasteiger partial charge in [0.25, 0.3) is 0 Å². The van der Waals surface area contributed by atoms with E-state index in [1.54, 1.807) is 0 Å². The highest BCUT2D eigenvalue weighted by atomic mass is 32.2. The molecule has 1 aliphatic rings. The number of H-pyrrole nitrogens is 2. The van der Waals surface area contributed by atoms with E-state index in [9.17, 15) is 14.7 Å². The van der Waals surface area contributed by atoms with Gasteiger partial charge in [-0.1, -0.05) is 30.0 Å². The van der Waals surface area contributed by atoms with Crippen LogP contribution in [0.4, 0.5) is 5.69 Å². The molecule has 4 N–H and O–H groups in total. The Hall–Kier alpha value is -2.08. The van der Waals surface area contributed by atoms with Crippen molar-refractivity contribution in [2.24, 2.45) is 0 Å². The van der Waals surface area contributed by atoms with Crippen molar-refractivity contribution in [3.63, 3.8) is 0 Å². The number of carbonyl (C=O) groups is 2. The van der Waals surface area contributed by atoms with Crippen molar-refractivity contribution in [1.82, 2.24) is 24.8 Å². The second-order valence-electron chi connectivity index (χ2n) is 7.73. The molecule has 2 heterocycles. The molecule has 2 unspecified atom stereocenters. The Bertz CT molecular complexity index is 1050. The second-order valence-corrected chi connectivity index (χ2v) is 9.48. The number of aliphatic carboxylic acids is 1. The number of aromatic nitrogens is 3. The summed E-state index contributed by atoms with van der Waals surface area (Å²) in [4.78, 5) is 33.2. The quantitative estimate of drug-likeness (QED) is 0.136. The van der Waals surface area contributed by atoms with Crippen molar-refractivity contribution in [1.29, 1.82) is 0 Å². The summed E-state index contributed by atoms with van der Waals surface area (Å²) in [5.41, 5.74) is 3.58. The van der Waals surface area contributed by atoms with E-state index in [1.165, 1.54) is 28.6 Å². The maximum absolute atomic E-state index is 12.2. The first-order chi connectivity index (χ1) is 14.7. The number of hydrogen-bond donors (Lipinski definition) is 4. The molecular formula is C20H26N5O3S3+. The van der Waals surface area contributed by atoms with Crippen LogP contribution < -0.4 is 9.80 Å². The summed E-state index contributed by atoms with van der Waals surface area (Å²) in [6.45, 7) is 6.29. The Morgan fingerprint density at radius 3 is 2.65 bits per heavy atom. The van der Waals surface area contributed by atoms with Gasteiger partial charge >= 0.3 is 5.97 Å². The average Bonchev–Trinajstić information content (AvgIpc) is 3.34. The van der Waals surface area contributed by atoms with Gasteiger partial charge in [0.05, 0.1) is 12.3 Å². The molecule has 1 aliphatic heterocycles. The van der Waals surface area contributed by atoms with Crippen LogP contribution in [0, 0.1) is 23.4 Å². The number of aromatic amines is 2. The maximum Gasteiger partial charge on any atom is 0.309 e. The molecule has 1 aromatic heterocycles. The number of nitrogens with zero attached hydrogens (tertiary/aromatic N) is 2. The van der Waals surface area contributed by atoms with Gasteiger partial charge in [0.2, 0.25) is 10.7 Å². The van der Waals surface area contributed by atoms with E-state index in [0.717, 1.165) is 19.5 Å². The molecule has 0 radical (unpaired) electrons. The SMILES string of the molecule is Cc1cccc(C)c1[N+]1(CCCNC(=O)CSc2nc(=S)[nH]c(=S)[nH]2)CC1CC(=O)O. The van der Waals surface area contributed by atoms with Crippen LogP contribution in [0.25, 0.3) is 0 Å². The summed E-state index contributed by atoms with van der Waals surface area (Å²) in [5, 5.41) is 12.7. The number of thioether (sulfide) groups is 1. The Kier molecular flexibility index (Phi) is 7.63. The van der Waals surface area contributed by atoms with E-state index in [-0.39, 0.29) is 28.9 Å². The highest BCUT2D eigenvalue weighted by molar-refractivity contribution is 7.99. The van der Waals surface area contributed by atoms with Crippen LogP contribution in [0.5, 0.6) is 0 Å². The predicted octanol–water partition coefficient (Wildman–Crippen LogP) is 3.28.